The molecule has 0 aliphatic heterocycles. The first kappa shape index (κ1) is 20.7. The van der Waals surface area contributed by atoms with E-state index in [2.05, 4.69) is 6.92 Å². The Morgan fingerprint density at radius 1 is 0.243 bits per heavy atom. The zero-order valence-electron chi connectivity index (χ0n) is 113. The third-order valence-electron chi connectivity index (χ3n) is 11.8. The number of hydrogen-bond acceptors (Lipinski definition) is 0. The second-order valence-corrected chi connectivity index (χ2v) is 19.5. The summed E-state index contributed by atoms with van der Waals surface area (Å²) in [6.45, 7) is 18.4. The molecule has 0 N–H and O–H groups in total. The second-order valence-electron chi connectivity index (χ2n) is 19.5. The van der Waals surface area contributed by atoms with E-state index in [1.165, 1.54) is 64.2 Å². The Morgan fingerprint density at radius 3 is 0.743 bits per heavy atom. The molecule has 10 aliphatic rings. The van der Waals surface area contributed by atoms with Crippen LogP contribution in [-0.2, 0) is 0 Å². The maximum absolute atomic E-state index is 8.08. The zero-order chi connectivity index (χ0) is 113. The molecule has 74 heavy (non-hydrogen) atoms. The molecule has 0 heteroatoms. The maximum Gasteiger partial charge on any atom is 0.0303 e. The van der Waals surface area contributed by atoms with Crippen LogP contribution in [-0.4, -0.2) is 0 Å². The summed E-state index contributed by atoms with van der Waals surface area (Å²) in [6.07, 6.45) is -50.4. The highest BCUT2D eigenvalue weighted by Crippen LogP contribution is 2.36. The minimum Gasteiger partial charge on any atom is -0.0651 e. The minimum atomic E-state index is -3.45. The fourth-order valence-corrected chi connectivity index (χ4v) is 6.97. The molecule has 6 atom stereocenters. The molecule has 10 fully saturated rings. The van der Waals surface area contributed by atoms with Gasteiger partial charge in [0.25, 0.3) is 0 Å². The first-order chi connectivity index (χ1) is 58.8. The predicted molar refractivity (Wildman–Crippen MR) is 341 cm³/mol. The molecular formula is C74H148. The summed E-state index contributed by atoms with van der Waals surface area (Å²) in [7, 11) is 0. The molecule has 0 amide bonds. The molecule has 0 aromatic rings. The topological polar surface area (TPSA) is 0 Å². The lowest BCUT2D eigenvalue weighted by atomic mass is 9.75. The Bertz CT molecular complexity index is 3640. The van der Waals surface area contributed by atoms with Crippen LogP contribution >= 0.6 is 0 Å². The molecule has 444 valence electrons. The van der Waals surface area contributed by atoms with Crippen molar-refractivity contribution < 1.29 is 87.7 Å². The molecule has 0 saturated heterocycles. The second kappa shape index (κ2) is 46.7. The van der Waals surface area contributed by atoms with Crippen LogP contribution in [0.3, 0.4) is 0 Å². The van der Waals surface area contributed by atoms with Gasteiger partial charge >= 0.3 is 0 Å². The lowest BCUT2D eigenvalue weighted by Gasteiger charge is -2.31. The highest BCUT2D eigenvalue weighted by Gasteiger charge is 2.23. The molecule has 10 saturated carbocycles. The molecule has 10 rings (SSSR count). The quantitative estimate of drug-likeness (QED) is 0.247. The van der Waals surface area contributed by atoms with Crippen molar-refractivity contribution in [2.75, 3.05) is 0 Å². The first-order valence-electron chi connectivity index (χ1n) is 58.8. The van der Waals surface area contributed by atoms with Gasteiger partial charge in [-0.2, -0.15) is 0 Å². The molecular weight excluding hydrogens is 889 g/mol. The Balaban J connectivity index is 0.000000782. The fourth-order valence-electron chi connectivity index (χ4n) is 6.97. The third kappa shape index (κ3) is 42.0. The van der Waals surface area contributed by atoms with Crippen molar-refractivity contribution in [3.05, 3.63) is 0 Å². The van der Waals surface area contributed by atoms with Gasteiger partial charge in [-0.3, -0.25) is 0 Å². The van der Waals surface area contributed by atoms with Gasteiger partial charge in [-0.15, -0.1) is 0 Å². The third-order valence-corrected chi connectivity index (χ3v) is 11.8. The Hall–Kier alpha value is 0. The van der Waals surface area contributed by atoms with Crippen LogP contribution in [0.2, 0.25) is 0 Å². The van der Waals surface area contributed by atoms with Crippen LogP contribution < -0.4 is 0 Å². The maximum atomic E-state index is 8.08. The normalized spacial score (nSPS) is 75.5. The smallest absolute Gasteiger partial charge is 0.0303 e. The van der Waals surface area contributed by atoms with E-state index in [9.17, 15) is 0 Å². The van der Waals surface area contributed by atoms with Crippen LogP contribution in [0.25, 0.3) is 0 Å². The van der Waals surface area contributed by atoms with Gasteiger partial charge in [-0.1, -0.05) is 354 Å². The van der Waals surface area contributed by atoms with E-state index >= 15 is 0 Å². The summed E-state index contributed by atoms with van der Waals surface area (Å²) >= 11 is 0. The molecule has 10 aliphatic carbocycles. The summed E-state index contributed by atoms with van der Waals surface area (Å²) in [6, 6.07) is 0. The average Bonchev–Trinajstić information content (AvgIpc) is 1.12. The van der Waals surface area contributed by atoms with Crippen molar-refractivity contribution in [1.29, 1.82) is 0 Å². The van der Waals surface area contributed by atoms with Crippen LogP contribution in [0.15, 0.2) is 0 Å². The SMILES string of the molecule is [2H]C([2H])(C)C1([2H])C([2H])([2H])C([2H])(C)C1([2H])[2H].[2H]C([2H])(C)C1([2H])C([2H])([2H])C([2H])([2H])C([2H])(C)C([2H])([2H])C1([2H])[2H].[2H]C([2H])(C)C1([2H])C([2H])([2H])C([2H])([2H])C([2H])(C)C1([2H])[2H].[2H]C1(C)CCC1.[2H]C1(C)CCCC1.[2H]C1(C)CCCCC1.[2H]C1(C)CCCCCC1.[2H]C1([2H])C([2H])(C)C([2H])([2H])[C@]([2H])(C)C1([2H])[2H].[2H]C1([2H])C([2H])([2H])C([2H])(C)C([2H])([2H])C([2H])([2H])C1([2H])C.[2H]C1([2H])C([2H])([2H])C([2H])([2H])[C@@]([2H])(C)C([2H])([2H])C([2H])([2H])C1([2H])C. The van der Waals surface area contributed by atoms with E-state index in [1.807, 2.05) is 20.8 Å². The number of rotatable bonds is 3. The van der Waals surface area contributed by atoms with Gasteiger partial charge in [0.05, 0.1) is 0 Å². The van der Waals surface area contributed by atoms with Gasteiger partial charge in [-0.25, -0.2) is 0 Å². The van der Waals surface area contributed by atoms with Gasteiger partial charge in [-0.05, 0) is 120 Å². The predicted octanol–water partition coefficient (Wildman–Crippen LogP) is 26.6. The van der Waals surface area contributed by atoms with Gasteiger partial charge in [0.2, 0.25) is 0 Å². The monoisotopic (exact) mass is 1100 g/mol. The Morgan fingerprint density at radius 2 is 0.486 bits per heavy atom. The molecule has 0 nitrogen and oxygen atoms in total. The summed E-state index contributed by atoms with van der Waals surface area (Å²) < 4.78 is 494. The molecule has 0 aromatic carbocycles. The minimum absolute atomic E-state index is 0.0278. The molecule has 0 spiro atoms. The lowest BCUT2D eigenvalue weighted by molar-refractivity contribution is 0.206. The van der Waals surface area contributed by atoms with E-state index in [-0.39, 0.29) is 23.6 Å². The molecule has 0 radical (unpaired) electrons. The van der Waals surface area contributed by atoms with Gasteiger partial charge in [0.1, 0.15) is 0 Å². The molecule has 0 heterocycles. The van der Waals surface area contributed by atoms with E-state index in [0.717, 1.165) is 114 Å². The van der Waals surface area contributed by atoms with Crippen molar-refractivity contribution in [1.82, 2.24) is 0 Å². The summed E-state index contributed by atoms with van der Waals surface area (Å²) in [5, 5.41) is 0. The largest absolute Gasteiger partial charge is 0.0651 e. The van der Waals surface area contributed by atoms with E-state index in [0.29, 0.717) is 20.8 Å². The molecule has 0 bridgehead atoms. The van der Waals surface area contributed by atoms with E-state index in [1.54, 1.807) is 0 Å². The zero-order valence-corrected chi connectivity index (χ0v) is 48.7. The van der Waals surface area contributed by atoms with Gasteiger partial charge < -0.3 is 0 Å². The summed E-state index contributed by atoms with van der Waals surface area (Å²) in [5.74, 6) is -32.6. The Kier molecular flexibility index (Phi) is 13.1. The average molecular weight is 1100 g/mol. The van der Waals surface area contributed by atoms with Crippen molar-refractivity contribution in [3.63, 3.8) is 0 Å². The van der Waals surface area contributed by atoms with Crippen molar-refractivity contribution in [2.24, 2.45) is 94.3 Å². The molecule has 4 unspecified atom stereocenters. The van der Waals surface area contributed by atoms with Crippen molar-refractivity contribution in [3.8, 4) is 0 Å². The molecule has 0 aromatic heterocycles. The first-order valence-corrected chi connectivity index (χ1v) is 26.8. The van der Waals surface area contributed by atoms with Crippen LogP contribution in [0.1, 0.15) is 467 Å². The highest BCUT2D eigenvalue weighted by molar-refractivity contribution is 4.75. The fraction of sp³-hybridized carbons (Fsp3) is 1.00. The van der Waals surface area contributed by atoms with Crippen LogP contribution in [0.5, 0.6) is 0 Å². The Labute approximate surface area is 562 Å². The number of hydrogen-bond donors (Lipinski definition) is 0. The van der Waals surface area contributed by atoms with Gasteiger partial charge in [0, 0.05) is 87.7 Å². The standard InChI is InChI=1S/2C9H18.3C8H16.3C7H14.C6H12.C5H10/c1-8-4-3-5-9(2)7-6-8;1-3-9-6-4-8(2)5-7-9;1-7-3-5-8(2)6-4-7;1-8-6-4-2-3-5-7-8;1-3-8-5-4-7(2)6-8;1-6-3-4-7(2)5-6;1-7-5-3-2-4-6-7;1-3-7-4-6(2)5-7;1-6-4-2-3-5-6;1-5-3-2-4-5/h2*8-9H,3-7H2,1-2H3;7-8H,3-6H2,1-2H3;8H,2-7H2,1H3;7-8H,3-6H2,1-2H3;6-7H,3-5H2,1-2H3;7H,2-6H2,1H3;6-7H,3-5H2,1-2H3;6H,2-5H2,1H3;5H,2-4H2,1H3/t8-,9?;;;;;6-,7?;;;;/m1....1..../s1/i2*3D2,4D2,5D2,6D2,7D2,8D,9D;3D2,4D2,5D2,6D2,7D,8D;8D;3D2,4D2,5D2,6D2,7D,8D;3D2,4D2,5D2,6D,7D;7D;3D2,4D2,5D2,6D,7D;6D;5D. The summed E-state index contributed by atoms with van der Waals surface area (Å²) in [5.41, 5.74) is 0. The van der Waals surface area contributed by atoms with Crippen LogP contribution in [0, 0.1) is 94.3 Å². The summed E-state index contributed by atoms with van der Waals surface area (Å²) in [4.78, 5) is 0. The van der Waals surface area contributed by atoms with Gasteiger partial charge in [0.15, 0.2) is 0 Å². The van der Waals surface area contributed by atoms with Crippen molar-refractivity contribution >= 4 is 0 Å². The van der Waals surface area contributed by atoms with Crippen LogP contribution in [0.4, 0.5) is 0 Å². The van der Waals surface area contributed by atoms with E-state index in [4.69, 9.17) is 87.7 Å². The highest BCUT2D eigenvalue weighted by atomic mass is 14.3. The van der Waals surface area contributed by atoms with Crippen molar-refractivity contribution in [2.45, 2.75) is 379 Å². The lowest BCUT2D eigenvalue weighted by Crippen LogP contribution is -2.19. The van der Waals surface area contributed by atoms with E-state index < -0.39 is 224 Å².